The molecular formula is C39H33F2NO2. The van der Waals surface area contributed by atoms with Crippen LogP contribution in [0.5, 0.6) is 0 Å². The van der Waals surface area contributed by atoms with Crippen LogP contribution in [0.4, 0.5) is 25.8 Å². The lowest BCUT2D eigenvalue weighted by atomic mass is 9.70. The van der Waals surface area contributed by atoms with E-state index in [2.05, 4.69) is 89.1 Å². The molecule has 0 N–H and O–H groups in total. The number of hydrogen-bond acceptors (Lipinski definition) is 3. The largest absolute Gasteiger partial charge is 0.310 e. The maximum absolute atomic E-state index is 14.1. The van der Waals surface area contributed by atoms with Crippen molar-refractivity contribution in [3.8, 4) is 0 Å². The highest BCUT2D eigenvalue weighted by Crippen LogP contribution is 2.54. The molecule has 0 saturated carbocycles. The number of rotatable bonds is 4. The molecule has 1 heterocycles. The number of halogens is 2. The van der Waals surface area contributed by atoms with Gasteiger partial charge in [-0.05, 0) is 74.8 Å². The van der Waals surface area contributed by atoms with Gasteiger partial charge in [-0.3, -0.25) is 9.59 Å². The average Bonchev–Trinajstić information content (AvgIpc) is 3.22. The molecule has 1 aliphatic carbocycles. The quantitative estimate of drug-likeness (QED) is 0.177. The maximum atomic E-state index is 14.1. The van der Waals surface area contributed by atoms with E-state index in [-0.39, 0.29) is 16.4 Å². The third-order valence-corrected chi connectivity index (χ3v) is 8.73. The average molecular weight is 586 g/mol. The van der Waals surface area contributed by atoms with Gasteiger partial charge in [0, 0.05) is 11.1 Å². The SMILES string of the molecule is C=C(F)C1=C(C(=C)F)C(=O)C(=Cc2ccc3c4c(ccc3c2)N(c2ccccc2)c2ccc(C(C)(C)C)cc2C4(C)C)C1=O. The lowest BCUT2D eigenvalue weighted by Gasteiger charge is -2.43. The van der Waals surface area contributed by atoms with Crippen LogP contribution in [-0.4, -0.2) is 11.6 Å². The first-order valence-corrected chi connectivity index (χ1v) is 14.5. The summed E-state index contributed by atoms with van der Waals surface area (Å²) in [5, 5.41) is 1.94. The number of fused-ring (bicyclic) bond motifs is 4. The Morgan fingerprint density at radius 2 is 1.41 bits per heavy atom. The zero-order valence-electron chi connectivity index (χ0n) is 25.5. The Bertz CT molecular complexity index is 1970. The molecule has 44 heavy (non-hydrogen) atoms. The third-order valence-electron chi connectivity index (χ3n) is 8.73. The molecule has 0 bridgehead atoms. The molecule has 0 amide bonds. The fourth-order valence-electron chi connectivity index (χ4n) is 6.50. The van der Waals surface area contributed by atoms with Gasteiger partial charge in [-0.1, -0.05) is 96.3 Å². The smallest absolute Gasteiger partial charge is 0.200 e. The Labute approximate surface area is 256 Å². The number of carbonyl (C=O) groups excluding carboxylic acids is 2. The number of Topliss-reactive ketones (excluding diaryl/α,β-unsaturated/α-hetero) is 2. The number of allylic oxidation sites excluding steroid dienone is 5. The molecule has 0 atom stereocenters. The van der Waals surface area contributed by atoms with Crippen LogP contribution in [0.2, 0.25) is 0 Å². The number of benzene rings is 4. The highest BCUT2D eigenvalue weighted by molar-refractivity contribution is 6.42. The number of nitrogens with zero attached hydrogens (tertiary/aromatic N) is 1. The van der Waals surface area contributed by atoms with Gasteiger partial charge in [0.15, 0.2) is 0 Å². The first kappa shape index (κ1) is 29.2. The molecule has 0 saturated heterocycles. The van der Waals surface area contributed by atoms with E-state index in [1.807, 2.05) is 42.5 Å². The minimum absolute atomic E-state index is 0.0309. The summed E-state index contributed by atoms with van der Waals surface area (Å²) in [5.74, 6) is -4.11. The summed E-state index contributed by atoms with van der Waals surface area (Å²) >= 11 is 0. The van der Waals surface area contributed by atoms with Crippen LogP contribution < -0.4 is 4.90 Å². The normalized spacial score (nSPS) is 15.9. The zero-order chi connectivity index (χ0) is 31.7. The van der Waals surface area contributed by atoms with E-state index < -0.39 is 34.4 Å². The molecule has 2 aliphatic rings. The summed E-state index contributed by atoms with van der Waals surface area (Å²) < 4.78 is 28.2. The van der Waals surface area contributed by atoms with Crippen molar-refractivity contribution in [3.63, 3.8) is 0 Å². The lowest BCUT2D eigenvalue weighted by Crippen LogP contribution is -2.31. The van der Waals surface area contributed by atoms with Gasteiger partial charge in [-0.2, -0.15) is 0 Å². The van der Waals surface area contributed by atoms with Gasteiger partial charge in [0.2, 0.25) is 11.6 Å². The Balaban J connectivity index is 1.54. The van der Waals surface area contributed by atoms with Crippen LogP contribution in [0, 0.1) is 0 Å². The van der Waals surface area contributed by atoms with Crippen LogP contribution >= 0.6 is 0 Å². The molecule has 0 aromatic heterocycles. The second-order valence-electron chi connectivity index (χ2n) is 13.0. The second-order valence-corrected chi connectivity index (χ2v) is 13.0. The number of carbonyl (C=O) groups is 2. The van der Waals surface area contributed by atoms with Crippen LogP contribution in [0.1, 0.15) is 56.9 Å². The Morgan fingerprint density at radius 3 is 2.00 bits per heavy atom. The van der Waals surface area contributed by atoms with E-state index in [4.69, 9.17) is 0 Å². The van der Waals surface area contributed by atoms with E-state index in [0.717, 1.165) is 33.4 Å². The minimum atomic E-state index is -1.16. The van der Waals surface area contributed by atoms with Gasteiger partial charge in [0.05, 0.1) is 28.1 Å². The third kappa shape index (κ3) is 4.46. The lowest BCUT2D eigenvalue weighted by molar-refractivity contribution is -0.115. The van der Waals surface area contributed by atoms with Crippen molar-refractivity contribution in [1.29, 1.82) is 0 Å². The van der Waals surface area contributed by atoms with Gasteiger partial charge in [-0.25, -0.2) is 8.78 Å². The number of hydrogen-bond donors (Lipinski definition) is 0. The monoisotopic (exact) mass is 585 g/mol. The van der Waals surface area contributed by atoms with Crippen molar-refractivity contribution >= 4 is 45.5 Å². The molecule has 4 aromatic carbocycles. The summed E-state index contributed by atoms with van der Waals surface area (Å²) in [7, 11) is 0. The summed E-state index contributed by atoms with van der Waals surface area (Å²) in [6, 6.07) is 26.9. The van der Waals surface area contributed by atoms with Crippen LogP contribution in [0.25, 0.3) is 16.8 Å². The summed E-state index contributed by atoms with van der Waals surface area (Å²) in [6.07, 6.45) is 1.38. The Kier molecular flexibility index (Phi) is 6.69. The van der Waals surface area contributed by atoms with E-state index in [9.17, 15) is 18.4 Å². The van der Waals surface area contributed by atoms with Crippen LogP contribution in [0.3, 0.4) is 0 Å². The van der Waals surface area contributed by atoms with Crippen LogP contribution in [-0.2, 0) is 20.4 Å². The molecule has 220 valence electrons. The van der Waals surface area contributed by atoms with E-state index in [1.165, 1.54) is 17.2 Å². The molecule has 0 fully saturated rings. The fourth-order valence-corrected chi connectivity index (χ4v) is 6.50. The van der Waals surface area contributed by atoms with Crippen molar-refractivity contribution in [3.05, 3.63) is 143 Å². The van der Waals surface area contributed by atoms with Crippen molar-refractivity contribution in [2.75, 3.05) is 4.90 Å². The van der Waals surface area contributed by atoms with Gasteiger partial charge >= 0.3 is 0 Å². The number of ketones is 2. The van der Waals surface area contributed by atoms with Crippen molar-refractivity contribution < 1.29 is 18.4 Å². The van der Waals surface area contributed by atoms with Crippen molar-refractivity contribution in [1.82, 2.24) is 0 Å². The van der Waals surface area contributed by atoms with Crippen molar-refractivity contribution in [2.45, 2.75) is 45.4 Å². The predicted molar refractivity (Wildman–Crippen MR) is 175 cm³/mol. The Hall–Kier alpha value is -4.90. The molecule has 0 radical (unpaired) electrons. The molecule has 3 nitrogen and oxygen atoms in total. The predicted octanol–water partition coefficient (Wildman–Crippen LogP) is 10.0. The van der Waals surface area contributed by atoms with Gasteiger partial charge < -0.3 is 4.90 Å². The molecule has 6 rings (SSSR count). The molecule has 0 spiro atoms. The summed E-state index contributed by atoms with van der Waals surface area (Å²) in [6.45, 7) is 17.4. The maximum Gasteiger partial charge on any atom is 0.200 e. The van der Waals surface area contributed by atoms with Gasteiger partial charge in [-0.15, -0.1) is 0 Å². The van der Waals surface area contributed by atoms with Crippen molar-refractivity contribution in [2.24, 2.45) is 0 Å². The summed E-state index contributed by atoms with van der Waals surface area (Å²) in [5.41, 5.74) is 5.38. The molecular weight excluding hydrogens is 552 g/mol. The molecule has 1 aliphatic heterocycles. The highest BCUT2D eigenvalue weighted by atomic mass is 19.1. The first-order chi connectivity index (χ1) is 20.7. The van der Waals surface area contributed by atoms with Gasteiger partial charge in [0.1, 0.15) is 11.7 Å². The zero-order valence-corrected chi connectivity index (χ0v) is 25.5. The van der Waals surface area contributed by atoms with Gasteiger partial charge in [0.25, 0.3) is 0 Å². The first-order valence-electron chi connectivity index (χ1n) is 14.5. The summed E-state index contributed by atoms with van der Waals surface area (Å²) in [4.78, 5) is 28.2. The minimum Gasteiger partial charge on any atom is -0.310 e. The molecule has 5 heteroatoms. The number of anilines is 3. The van der Waals surface area contributed by atoms with Crippen LogP contribution in [0.15, 0.2) is 120 Å². The highest BCUT2D eigenvalue weighted by Gasteiger charge is 2.40. The number of para-hydroxylation sites is 1. The second kappa shape index (κ2) is 10.1. The van der Waals surface area contributed by atoms with E-state index in [1.54, 1.807) is 0 Å². The van der Waals surface area contributed by atoms with E-state index >= 15 is 0 Å². The standard InChI is InChI=1S/C39H33F2NO2/c1-22(40)33-34(23(2)41)37(44)29(36(33)43)20-24-13-16-28-25(19-24)14-17-32-35(28)39(6,7)30-21-26(38(3,4)5)15-18-31(30)42(32)27-11-9-8-10-12-27/h8-21H,1-2H2,3-7H3. The molecule has 0 unspecified atom stereocenters. The molecule has 4 aromatic rings. The Morgan fingerprint density at radius 1 is 0.795 bits per heavy atom. The van der Waals surface area contributed by atoms with E-state index in [0.29, 0.717) is 5.56 Å². The topological polar surface area (TPSA) is 37.4 Å². The fraction of sp³-hybridized carbons (Fsp3) is 0.179.